The third kappa shape index (κ3) is 4.01. The molecule has 3 heterocycles. The highest BCUT2D eigenvalue weighted by molar-refractivity contribution is 7.13. The van der Waals surface area contributed by atoms with E-state index in [9.17, 15) is 10.1 Å². The van der Waals surface area contributed by atoms with Gasteiger partial charge >= 0.3 is 5.69 Å². The summed E-state index contributed by atoms with van der Waals surface area (Å²) < 4.78 is 6.83. The number of benzene rings is 1. The molecule has 0 saturated carbocycles. The van der Waals surface area contributed by atoms with Crippen molar-refractivity contribution >= 4 is 22.8 Å². The fraction of sp³-hybridized carbons (Fsp3) is 0.400. The molecule has 30 heavy (non-hydrogen) atoms. The van der Waals surface area contributed by atoms with E-state index in [1.165, 1.54) is 0 Å². The van der Waals surface area contributed by atoms with Crippen LogP contribution in [0.5, 0.6) is 5.75 Å². The molecule has 10 heteroatoms. The monoisotopic (exact) mass is 428 g/mol. The Morgan fingerprint density at radius 3 is 2.53 bits per heavy atom. The number of anilines is 1. The first-order chi connectivity index (χ1) is 14.5. The Labute approximate surface area is 178 Å². The van der Waals surface area contributed by atoms with Crippen molar-refractivity contribution in [2.75, 3.05) is 38.2 Å². The Balaban J connectivity index is 1.39. The van der Waals surface area contributed by atoms with Crippen molar-refractivity contribution in [3.63, 3.8) is 0 Å². The molecule has 3 aromatic rings. The average Bonchev–Trinajstić information content (AvgIpc) is 3.32. The third-order valence-corrected chi connectivity index (χ3v) is 6.23. The summed E-state index contributed by atoms with van der Waals surface area (Å²) in [6.07, 6.45) is 0. The molecular formula is C20H24N6O3S. The van der Waals surface area contributed by atoms with Crippen LogP contribution in [0.3, 0.4) is 0 Å². The van der Waals surface area contributed by atoms with Gasteiger partial charge in [-0.25, -0.2) is 9.67 Å². The molecule has 0 atom stereocenters. The van der Waals surface area contributed by atoms with E-state index in [4.69, 9.17) is 9.72 Å². The van der Waals surface area contributed by atoms with E-state index in [1.807, 2.05) is 24.3 Å². The van der Waals surface area contributed by atoms with Crippen molar-refractivity contribution in [3.8, 4) is 16.3 Å². The lowest BCUT2D eigenvalue weighted by atomic mass is 10.2. The zero-order valence-electron chi connectivity index (χ0n) is 17.2. The Morgan fingerprint density at radius 2 is 1.90 bits per heavy atom. The van der Waals surface area contributed by atoms with Gasteiger partial charge in [0.05, 0.1) is 17.7 Å². The van der Waals surface area contributed by atoms with Gasteiger partial charge in [-0.3, -0.25) is 15.0 Å². The molecular weight excluding hydrogens is 404 g/mol. The molecule has 0 bridgehead atoms. The van der Waals surface area contributed by atoms with Gasteiger partial charge in [0.2, 0.25) is 5.82 Å². The van der Waals surface area contributed by atoms with Gasteiger partial charge in [-0.2, -0.15) is 5.10 Å². The van der Waals surface area contributed by atoms with Gasteiger partial charge in [0.25, 0.3) is 0 Å². The summed E-state index contributed by atoms with van der Waals surface area (Å²) in [4.78, 5) is 20.3. The average molecular weight is 429 g/mol. The van der Waals surface area contributed by atoms with Crippen LogP contribution in [0.15, 0.2) is 29.6 Å². The molecule has 4 rings (SSSR count). The second kappa shape index (κ2) is 8.41. The molecule has 1 aliphatic heterocycles. The maximum absolute atomic E-state index is 11.5. The molecule has 0 unspecified atom stereocenters. The van der Waals surface area contributed by atoms with Crippen LogP contribution < -0.4 is 9.64 Å². The van der Waals surface area contributed by atoms with Crippen LogP contribution in [0.1, 0.15) is 11.4 Å². The van der Waals surface area contributed by atoms with E-state index in [0.717, 1.165) is 54.7 Å². The number of ether oxygens (including phenoxy) is 1. The minimum atomic E-state index is -0.333. The van der Waals surface area contributed by atoms with E-state index in [1.54, 1.807) is 37.1 Å². The summed E-state index contributed by atoms with van der Waals surface area (Å²) in [5.41, 5.74) is 2.68. The Morgan fingerprint density at radius 1 is 1.20 bits per heavy atom. The van der Waals surface area contributed by atoms with Crippen molar-refractivity contribution in [2.24, 2.45) is 7.05 Å². The van der Waals surface area contributed by atoms with Crippen molar-refractivity contribution in [2.45, 2.75) is 13.5 Å². The standard InChI is InChI=1S/C20H24N6O3S/c1-14-18(26(27)28)20(23(2)22-14)25-10-8-24(9-11-25)12-16-13-30-19(21-16)15-4-6-17(29-3)7-5-15/h4-7,13H,8-12H2,1-3H3. The number of hydrogen-bond donors (Lipinski definition) is 0. The molecule has 0 amide bonds. The van der Waals surface area contributed by atoms with Crippen molar-refractivity contribution in [1.82, 2.24) is 19.7 Å². The van der Waals surface area contributed by atoms with Crippen LogP contribution >= 0.6 is 11.3 Å². The van der Waals surface area contributed by atoms with Gasteiger partial charge in [0.1, 0.15) is 16.5 Å². The van der Waals surface area contributed by atoms with Crippen molar-refractivity contribution in [3.05, 3.63) is 51.1 Å². The molecule has 1 aliphatic rings. The molecule has 9 nitrogen and oxygen atoms in total. The minimum absolute atomic E-state index is 0.106. The highest BCUT2D eigenvalue weighted by Gasteiger charge is 2.30. The summed E-state index contributed by atoms with van der Waals surface area (Å²) in [5, 5.41) is 18.8. The van der Waals surface area contributed by atoms with Gasteiger partial charge in [0, 0.05) is 50.7 Å². The lowest BCUT2D eigenvalue weighted by molar-refractivity contribution is -0.384. The molecule has 1 fully saturated rings. The normalized spacial score (nSPS) is 14.8. The molecule has 0 spiro atoms. The Bertz CT molecular complexity index is 1040. The van der Waals surface area contributed by atoms with Gasteiger partial charge in [-0.05, 0) is 31.2 Å². The number of piperazine rings is 1. The van der Waals surface area contributed by atoms with Crippen LogP contribution in [0.25, 0.3) is 10.6 Å². The zero-order valence-corrected chi connectivity index (χ0v) is 18.1. The van der Waals surface area contributed by atoms with E-state index in [-0.39, 0.29) is 10.6 Å². The highest BCUT2D eigenvalue weighted by Crippen LogP contribution is 2.32. The summed E-state index contributed by atoms with van der Waals surface area (Å²) in [6.45, 7) is 5.52. The first kappa shape index (κ1) is 20.3. The lowest BCUT2D eigenvalue weighted by Gasteiger charge is -2.34. The summed E-state index contributed by atoms with van der Waals surface area (Å²) in [6, 6.07) is 7.91. The first-order valence-electron chi connectivity index (χ1n) is 9.70. The second-order valence-corrected chi connectivity index (χ2v) is 8.13. The predicted molar refractivity (Wildman–Crippen MR) is 116 cm³/mol. The quantitative estimate of drug-likeness (QED) is 0.440. The van der Waals surface area contributed by atoms with Crippen molar-refractivity contribution in [1.29, 1.82) is 0 Å². The van der Waals surface area contributed by atoms with Crippen LogP contribution in [0.4, 0.5) is 11.5 Å². The molecule has 0 radical (unpaired) electrons. The molecule has 0 aliphatic carbocycles. The van der Waals surface area contributed by atoms with Gasteiger partial charge in [0.15, 0.2) is 0 Å². The maximum Gasteiger partial charge on any atom is 0.333 e. The number of nitrogens with zero attached hydrogens (tertiary/aromatic N) is 6. The van der Waals surface area contributed by atoms with Crippen LogP contribution in [0.2, 0.25) is 0 Å². The fourth-order valence-corrected chi connectivity index (χ4v) is 4.61. The zero-order chi connectivity index (χ0) is 21.3. The van der Waals surface area contributed by atoms with E-state index in [2.05, 4.69) is 20.3 Å². The number of methoxy groups -OCH3 is 1. The summed E-state index contributed by atoms with van der Waals surface area (Å²) in [5.74, 6) is 1.42. The molecule has 158 valence electrons. The third-order valence-electron chi connectivity index (χ3n) is 5.29. The minimum Gasteiger partial charge on any atom is -0.497 e. The van der Waals surface area contributed by atoms with E-state index < -0.39 is 0 Å². The number of hydrogen-bond acceptors (Lipinski definition) is 8. The topological polar surface area (TPSA) is 89.6 Å². The van der Waals surface area contributed by atoms with Crippen molar-refractivity contribution < 1.29 is 9.66 Å². The largest absolute Gasteiger partial charge is 0.497 e. The number of thiazole rings is 1. The molecule has 0 N–H and O–H groups in total. The van der Waals surface area contributed by atoms with E-state index in [0.29, 0.717) is 11.5 Å². The van der Waals surface area contributed by atoms with Crippen LogP contribution in [-0.4, -0.2) is 57.9 Å². The number of aryl methyl sites for hydroxylation is 2. The maximum atomic E-state index is 11.5. The summed E-state index contributed by atoms with van der Waals surface area (Å²) in [7, 11) is 3.42. The second-order valence-electron chi connectivity index (χ2n) is 7.27. The summed E-state index contributed by atoms with van der Waals surface area (Å²) >= 11 is 1.64. The number of rotatable bonds is 6. The van der Waals surface area contributed by atoms with Gasteiger partial charge in [-0.15, -0.1) is 11.3 Å². The fourth-order valence-electron chi connectivity index (χ4n) is 3.80. The first-order valence-corrected chi connectivity index (χ1v) is 10.6. The van der Waals surface area contributed by atoms with Gasteiger partial charge in [-0.1, -0.05) is 0 Å². The van der Waals surface area contributed by atoms with Gasteiger partial charge < -0.3 is 9.64 Å². The van der Waals surface area contributed by atoms with Crippen LogP contribution in [-0.2, 0) is 13.6 Å². The molecule has 1 aromatic carbocycles. The smallest absolute Gasteiger partial charge is 0.333 e. The molecule has 1 saturated heterocycles. The highest BCUT2D eigenvalue weighted by atomic mass is 32.1. The molecule has 2 aromatic heterocycles. The number of nitro groups is 1. The SMILES string of the molecule is COc1ccc(-c2nc(CN3CCN(c4c([N+](=O)[O-])c(C)nn4C)CC3)cs2)cc1. The lowest BCUT2D eigenvalue weighted by Crippen LogP contribution is -2.46. The number of aromatic nitrogens is 3. The predicted octanol–water partition coefficient (Wildman–Crippen LogP) is 3.09. The Hall–Kier alpha value is -2.98. The van der Waals surface area contributed by atoms with Crippen LogP contribution in [0, 0.1) is 17.0 Å². The Kier molecular flexibility index (Phi) is 5.69. The van der Waals surface area contributed by atoms with E-state index >= 15 is 0 Å².